The van der Waals surface area contributed by atoms with E-state index in [1.807, 2.05) is 0 Å². The molecule has 0 aliphatic rings. The first kappa shape index (κ1) is 11.9. The largest absolute Gasteiger partial charge is 0.338 e. The van der Waals surface area contributed by atoms with Gasteiger partial charge in [0.1, 0.15) is 11.6 Å². The lowest BCUT2D eigenvalue weighted by Crippen LogP contribution is -1.86. The number of halogens is 2. The Morgan fingerprint density at radius 2 is 2.05 bits per heavy atom. The van der Waals surface area contributed by atoms with Gasteiger partial charge in [0.05, 0.1) is 28.2 Å². The lowest BCUT2D eigenvalue weighted by Gasteiger charge is -1.99. The van der Waals surface area contributed by atoms with E-state index in [9.17, 15) is 4.39 Å². The third-order valence-corrected chi connectivity index (χ3v) is 3.29. The minimum absolute atomic E-state index is 0.345. The van der Waals surface area contributed by atoms with Gasteiger partial charge in [0.15, 0.2) is 0 Å². The Morgan fingerprint density at radius 3 is 2.84 bits per heavy atom. The van der Waals surface area contributed by atoms with Gasteiger partial charge in [-0.15, -0.1) is 0 Å². The highest BCUT2D eigenvalue weighted by Gasteiger charge is 2.10. The number of aromatic amines is 1. The molecule has 2 aromatic carbocycles. The van der Waals surface area contributed by atoms with E-state index < -0.39 is 0 Å². The van der Waals surface area contributed by atoms with Crippen LogP contribution in [0.25, 0.3) is 22.4 Å². The summed E-state index contributed by atoms with van der Waals surface area (Å²) in [6.07, 6.45) is 0. The molecule has 3 aromatic rings. The van der Waals surface area contributed by atoms with Crippen LogP contribution in [0.2, 0.25) is 0 Å². The van der Waals surface area contributed by atoms with Crippen LogP contribution < -0.4 is 0 Å². The number of imidazole rings is 1. The number of hydrogen-bond donors (Lipinski definition) is 1. The first-order valence-corrected chi connectivity index (χ1v) is 6.32. The molecular weight excluding hydrogens is 309 g/mol. The third-order valence-electron chi connectivity index (χ3n) is 2.79. The Morgan fingerprint density at radius 1 is 1.21 bits per heavy atom. The Bertz CT molecular complexity index is 817. The number of nitriles is 1. The van der Waals surface area contributed by atoms with Crippen molar-refractivity contribution >= 4 is 27.0 Å². The van der Waals surface area contributed by atoms with E-state index in [1.165, 1.54) is 6.07 Å². The van der Waals surface area contributed by atoms with Gasteiger partial charge in [-0.1, -0.05) is 15.9 Å². The van der Waals surface area contributed by atoms with E-state index in [-0.39, 0.29) is 5.82 Å². The van der Waals surface area contributed by atoms with Crippen molar-refractivity contribution in [1.29, 1.82) is 5.26 Å². The molecule has 0 saturated heterocycles. The minimum atomic E-state index is -0.345. The van der Waals surface area contributed by atoms with Crippen LogP contribution in [-0.2, 0) is 0 Å². The normalized spacial score (nSPS) is 10.6. The van der Waals surface area contributed by atoms with Crippen LogP contribution in [0.15, 0.2) is 40.9 Å². The van der Waals surface area contributed by atoms with Crippen molar-refractivity contribution < 1.29 is 4.39 Å². The molecule has 0 amide bonds. The molecule has 0 spiro atoms. The zero-order valence-electron chi connectivity index (χ0n) is 9.61. The Hall–Kier alpha value is -2.19. The molecule has 0 aliphatic carbocycles. The maximum absolute atomic E-state index is 13.8. The van der Waals surface area contributed by atoms with E-state index in [0.717, 1.165) is 4.47 Å². The van der Waals surface area contributed by atoms with E-state index in [4.69, 9.17) is 5.26 Å². The van der Waals surface area contributed by atoms with Crippen molar-refractivity contribution in [2.24, 2.45) is 0 Å². The second-order valence-corrected chi connectivity index (χ2v) is 4.97. The quantitative estimate of drug-likeness (QED) is 0.737. The predicted molar refractivity (Wildman–Crippen MR) is 73.9 cm³/mol. The molecule has 0 bridgehead atoms. The molecule has 19 heavy (non-hydrogen) atoms. The highest BCUT2D eigenvalue weighted by molar-refractivity contribution is 9.10. The summed E-state index contributed by atoms with van der Waals surface area (Å²) in [7, 11) is 0. The summed E-state index contributed by atoms with van der Waals surface area (Å²) in [4.78, 5) is 7.37. The standard InChI is InChI=1S/C14H7BrFN3/c15-9-2-3-11(16)10(6-9)14-18-12-4-1-8(7-17)5-13(12)19-14/h1-6H,(H,18,19). The molecule has 3 rings (SSSR count). The van der Waals surface area contributed by atoms with Crippen LogP contribution in [0.3, 0.4) is 0 Å². The number of benzene rings is 2. The van der Waals surface area contributed by atoms with Gasteiger partial charge in [-0.25, -0.2) is 9.37 Å². The first-order chi connectivity index (χ1) is 9.17. The molecule has 0 aliphatic heterocycles. The van der Waals surface area contributed by atoms with Gasteiger partial charge < -0.3 is 4.98 Å². The summed E-state index contributed by atoms with van der Waals surface area (Å²) < 4.78 is 14.6. The molecule has 0 unspecified atom stereocenters. The van der Waals surface area contributed by atoms with E-state index in [2.05, 4.69) is 32.0 Å². The van der Waals surface area contributed by atoms with Crippen molar-refractivity contribution in [3.05, 3.63) is 52.3 Å². The number of hydrogen-bond acceptors (Lipinski definition) is 2. The predicted octanol–water partition coefficient (Wildman–Crippen LogP) is 4.00. The Labute approximate surface area is 116 Å². The van der Waals surface area contributed by atoms with Crippen LogP contribution in [0.4, 0.5) is 4.39 Å². The van der Waals surface area contributed by atoms with Crippen molar-refractivity contribution in [2.75, 3.05) is 0 Å². The smallest absolute Gasteiger partial charge is 0.141 e. The Kier molecular flexibility index (Phi) is 2.80. The van der Waals surface area contributed by atoms with Crippen LogP contribution in [0, 0.1) is 17.1 Å². The fourth-order valence-corrected chi connectivity index (χ4v) is 2.25. The molecule has 0 saturated carbocycles. The number of aromatic nitrogens is 2. The summed E-state index contributed by atoms with van der Waals surface area (Å²) in [6.45, 7) is 0. The second kappa shape index (κ2) is 4.48. The molecule has 0 fully saturated rings. The maximum Gasteiger partial charge on any atom is 0.141 e. The number of H-pyrrole nitrogens is 1. The highest BCUT2D eigenvalue weighted by Crippen LogP contribution is 2.26. The van der Waals surface area contributed by atoms with Crippen LogP contribution in [0.5, 0.6) is 0 Å². The fraction of sp³-hybridized carbons (Fsp3) is 0. The summed E-state index contributed by atoms with van der Waals surface area (Å²) in [5.41, 5.74) is 2.35. The summed E-state index contributed by atoms with van der Waals surface area (Å²) >= 11 is 3.31. The summed E-state index contributed by atoms with van der Waals surface area (Å²) in [6, 6.07) is 11.9. The van der Waals surface area contributed by atoms with E-state index >= 15 is 0 Å². The van der Waals surface area contributed by atoms with Gasteiger partial charge in [0.2, 0.25) is 0 Å². The van der Waals surface area contributed by atoms with Crippen molar-refractivity contribution in [2.45, 2.75) is 0 Å². The van der Waals surface area contributed by atoms with Gasteiger partial charge in [-0.3, -0.25) is 0 Å². The zero-order chi connectivity index (χ0) is 13.4. The average Bonchev–Trinajstić information content (AvgIpc) is 2.83. The monoisotopic (exact) mass is 315 g/mol. The molecule has 0 atom stereocenters. The molecule has 3 nitrogen and oxygen atoms in total. The third kappa shape index (κ3) is 2.11. The lowest BCUT2D eigenvalue weighted by molar-refractivity contribution is 0.630. The molecule has 1 N–H and O–H groups in total. The topological polar surface area (TPSA) is 52.5 Å². The van der Waals surface area contributed by atoms with Gasteiger partial charge >= 0.3 is 0 Å². The Balaban J connectivity index is 2.21. The van der Waals surface area contributed by atoms with Crippen LogP contribution >= 0.6 is 15.9 Å². The lowest BCUT2D eigenvalue weighted by atomic mass is 10.2. The van der Waals surface area contributed by atoms with E-state index in [0.29, 0.717) is 28.0 Å². The van der Waals surface area contributed by atoms with Gasteiger partial charge in [-0.05, 0) is 36.4 Å². The first-order valence-electron chi connectivity index (χ1n) is 5.52. The molecule has 1 aromatic heterocycles. The van der Waals surface area contributed by atoms with Crippen LogP contribution in [-0.4, -0.2) is 9.97 Å². The SMILES string of the molecule is N#Cc1ccc2nc(-c3cc(Br)ccc3F)[nH]c2c1. The molecule has 1 heterocycles. The summed E-state index contributed by atoms with van der Waals surface area (Å²) in [5.74, 6) is 0.103. The molecule has 5 heteroatoms. The fourth-order valence-electron chi connectivity index (χ4n) is 1.89. The number of nitrogens with one attached hydrogen (secondary N) is 1. The maximum atomic E-state index is 13.8. The van der Waals surface area contributed by atoms with Gasteiger partial charge in [0.25, 0.3) is 0 Å². The van der Waals surface area contributed by atoms with Crippen LogP contribution in [0.1, 0.15) is 5.56 Å². The molecule has 92 valence electrons. The van der Waals surface area contributed by atoms with Gasteiger partial charge in [0, 0.05) is 4.47 Å². The van der Waals surface area contributed by atoms with E-state index in [1.54, 1.807) is 30.3 Å². The van der Waals surface area contributed by atoms with Crippen molar-refractivity contribution in [3.8, 4) is 17.5 Å². The number of nitrogens with zero attached hydrogens (tertiary/aromatic N) is 2. The number of rotatable bonds is 1. The number of fused-ring (bicyclic) bond motifs is 1. The zero-order valence-corrected chi connectivity index (χ0v) is 11.2. The summed E-state index contributed by atoms with van der Waals surface area (Å²) in [5, 5.41) is 8.85. The van der Waals surface area contributed by atoms with Crippen molar-refractivity contribution in [3.63, 3.8) is 0 Å². The minimum Gasteiger partial charge on any atom is -0.338 e. The second-order valence-electron chi connectivity index (χ2n) is 4.05. The van der Waals surface area contributed by atoms with Crippen molar-refractivity contribution in [1.82, 2.24) is 9.97 Å². The van der Waals surface area contributed by atoms with Gasteiger partial charge in [-0.2, -0.15) is 5.26 Å². The molecular formula is C14H7BrFN3. The highest BCUT2D eigenvalue weighted by atomic mass is 79.9. The molecule has 0 radical (unpaired) electrons. The average molecular weight is 316 g/mol.